The Labute approximate surface area is 158 Å². The maximum Gasteiger partial charge on any atom is 0.262 e. The minimum Gasteiger partial charge on any atom is -0.497 e. The number of methoxy groups -OCH3 is 1. The topological polar surface area (TPSA) is 75.7 Å². The Kier molecular flexibility index (Phi) is 5.26. The van der Waals surface area contributed by atoms with E-state index in [9.17, 15) is 14.4 Å². The van der Waals surface area contributed by atoms with Gasteiger partial charge in [-0.1, -0.05) is 32.0 Å². The van der Waals surface area contributed by atoms with Crippen molar-refractivity contribution in [3.8, 4) is 5.75 Å². The number of imide groups is 1. The van der Waals surface area contributed by atoms with Gasteiger partial charge in [0.15, 0.2) is 0 Å². The summed E-state index contributed by atoms with van der Waals surface area (Å²) >= 11 is 0. The third-order valence-corrected chi connectivity index (χ3v) is 4.47. The summed E-state index contributed by atoms with van der Waals surface area (Å²) in [5, 5.41) is 2.80. The first-order valence-electron chi connectivity index (χ1n) is 8.84. The molecule has 1 aliphatic heterocycles. The zero-order valence-electron chi connectivity index (χ0n) is 15.6. The quantitative estimate of drug-likeness (QED) is 0.796. The number of carbonyl (C=O) groups excluding carboxylic acids is 3. The number of fused-ring (bicyclic) bond motifs is 1. The number of nitrogens with zero attached hydrogens (tertiary/aromatic N) is 1. The van der Waals surface area contributed by atoms with Crippen LogP contribution in [-0.4, -0.2) is 35.8 Å². The molecule has 0 unspecified atom stereocenters. The smallest absolute Gasteiger partial charge is 0.262 e. The molecule has 27 heavy (non-hydrogen) atoms. The Morgan fingerprint density at radius 2 is 1.67 bits per heavy atom. The van der Waals surface area contributed by atoms with E-state index in [4.69, 9.17) is 4.74 Å². The van der Waals surface area contributed by atoms with Crippen molar-refractivity contribution in [2.24, 2.45) is 5.92 Å². The largest absolute Gasteiger partial charge is 0.497 e. The predicted octanol–water partition coefficient (Wildman–Crippen LogP) is 3.34. The molecule has 1 aliphatic rings. The van der Waals surface area contributed by atoms with Crippen LogP contribution in [0.25, 0.3) is 0 Å². The summed E-state index contributed by atoms with van der Waals surface area (Å²) in [7, 11) is 1.54. The Bertz CT molecular complexity index is 856. The van der Waals surface area contributed by atoms with Gasteiger partial charge in [0.25, 0.3) is 11.8 Å². The second kappa shape index (κ2) is 7.61. The molecular weight excluding hydrogens is 344 g/mol. The molecule has 0 saturated carbocycles. The number of nitrogens with one attached hydrogen (secondary N) is 1. The van der Waals surface area contributed by atoms with Crippen molar-refractivity contribution in [2.45, 2.75) is 26.3 Å². The molecule has 1 N–H and O–H groups in total. The van der Waals surface area contributed by atoms with E-state index in [0.717, 1.165) is 4.90 Å². The molecule has 2 aromatic rings. The van der Waals surface area contributed by atoms with E-state index in [2.05, 4.69) is 5.32 Å². The molecule has 3 amide bonds. The summed E-state index contributed by atoms with van der Waals surface area (Å²) in [6.07, 6.45) is 0.376. The van der Waals surface area contributed by atoms with Gasteiger partial charge in [0.05, 0.1) is 18.2 Å². The van der Waals surface area contributed by atoms with Gasteiger partial charge in [-0.25, -0.2) is 0 Å². The maximum absolute atomic E-state index is 13.0. The number of hydrogen-bond donors (Lipinski definition) is 1. The van der Waals surface area contributed by atoms with Gasteiger partial charge < -0.3 is 10.1 Å². The summed E-state index contributed by atoms with van der Waals surface area (Å²) in [5.74, 6) is -0.528. The molecule has 2 aromatic carbocycles. The van der Waals surface area contributed by atoms with Crippen LogP contribution in [0.4, 0.5) is 5.69 Å². The third-order valence-electron chi connectivity index (χ3n) is 4.47. The highest BCUT2D eigenvalue weighted by atomic mass is 16.5. The molecular formula is C21H22N2O4. The molecule has 0 fully saturated rings. The Hall–Kier alpha value is -3.15. The zero-order chi connectivity index (χ0) is 19.6. The van der Waals surface area contributed by atoms with Crippen molar-refractivity contribution in [3.63, 3.8) is 0 Å². The highest BCUT2D eigenvalue weighted by Gasteiger charge is 2.42. The number of anilines is 1. The Morgan fingerprint density at radius 3 is 2.22 bits per heavy atom. The van der Waals surface area contributed by atoms with E-state index in [1.165, 1.54) is 0 Å². The second-order valence-electron chi connectivity index (χ2n) is 6.89. The summed E-state index contributed by atoms with van der Waals surface area (Å²) in [5.41, 5.74) is 1.22. The van der Waals surface area contributed by atoms with Crippen molar-refractivity contribution >= 4 is 23.4 Å². The van der Waals surface area contributed by atoms with Crippen LogP contribution < -0.4 is 10.1 Å². The molecule has 0 spiro atoms. The summed E-state index contributed by atoms with van der Waals surface area (Å²) in [4.78, 5) is 39.6. The van der Waals surface area contributed by atoms with E-state index >= 15 is 0 Å². The lowest BCUT2D eigenvalue weighted by Gasteiger charge is -2.26. The van der Waals surface area contributed by atoms with Crippen LogP contribution in [-0.2, 0) is 4.79 Å². The number of hydrogen-bond acceptors (Lipinski definition) is 4. The molecule has 0 aliphatic carbocycles. The van der Waals surface area contributed by atoms with E-state index in [1.807, 2.05) is 13.8 Å². The SMILES string of the molecule is COc1cccc(NC(=O)[C@H](CC(C)C)N2C(=O)c3ccccc3C2=O)c1. The van der Waals surface area contributed by atoms with Gasteiger partial charge in [0.1, 0.15) is 11.8 Å². The lowest BCUT2D eigenvalue weighted by atomic mass is 10.0. The number of ether oxygens (including phenoxy) is 1. The summed E-state index contributed by atoms with van der Waals surface area (Å²) < 4.78 is 5.17. The standard InChI is InChI=1S/C21H22N2O4/c1-13(2)11-18(19(24)22-14-7-6-8-15(12-14)27-3)23-20(25)16-9-4-5-10-17(16)21(23)26/h4-10,12-13,18H,11H2,1-3H3,(H,22,24)/t18-/m0/s1. The number of carbonyl (C=O) groups is 3. The highest BCUT2D eigenvalue weighted by molar-refractivity contribution is 6.23. The maximum atomic E-state index is 13.0. The van der Waals surface area contributed by atoms with Gasteiger partial charge in [0, 0.05) is 11.8 Å². The van der Waals surface area contributed by atoms with Gasteiger partial charge >= 0.3 is 0 Å². The second-order valence-corrected chi connectivity index (χ2v) is 6.89. The van der Waals surface area contributed by atoms with Crippen molar-refractivity contribution < 1.29 is 19.1 Å². The molecule has 140 valence electrons. The molecule has 3 rings (SSSR count). The summed E-state index contributed by atoms with van der Waals surface area (Å²) in [6.45, 7) is 3.90. The fourth-order valence-corrected chi connectivity index (χ4v) is 3.19. The fraction of sp³-hybridized carbons (Fsp3) is 0.286. The van der Waals surface area contributed by atoms with E-state index < -0.39 is 23.8 Å². The first-order chi connectivity index (χ1) is 12.9. The molecule has 6 heteroatoms. The van der Waals surface area contributed by atoms with Crippen LogP contribution in [0.15, 0.2) is 48.5 Å². The molecule has 1 heterocycles. The average Bonchev–Trinajstić information content (AvgIpc) is 2.91. The van der Waals surface area contributed by atoms with Crippen LogP contribution in [0.2, 0.25) is 0 Å². The first-order valence-corrected chi connectivity index (χ1v) is 8.84. The first kappa shape index (κ1) is 18.6. The van der Waals surface area contributed by atoms with Crippen molar-refractivity contribution in [1.82, 2.24) is 4.90 Å². The Balaban J connectivity index is 1.89. The highest BCUT2D eigenvalue weighted by Crippen LogP contribution is 2.28. The minimum absolute atomic E-state index is 0.121. The lowest BCUT2D eigenvalue weighted by molar-refractivity contribution is -0.120. The van der Waals surface area contributed by atoms with Crippen molar-refractivity contribution in [1.29, 1.82) is 0 Å². The van der Waals surface area contributed by atoms with Crippen molar-refractivity contribution in [2.75, 3.05) is 12.4 Å². The van der Waals surface area contributed by atoms with E-state index in [0.29, 0.717) is 29.0 Å². The van der Waals surface area contributed by atoms with Gasteiger partial charge in [-0.2, -0.15) is 0 Å². The van der Waals surface area contributed by atoms with Gasteiger partial charge in [0.2, 0.25) is 5.91 Å². The van der Waals surface area contributed by atoms with Gasteiger partial charge in [-0.05, 0) is 36.6 Å². The fourth-order valence-electron chi connectivity index (χ4n) is 3.19. The predicted molar refractivity (Wildman–Crippen MR) is 102 cm³/mol. The Morgan fingerprint density at radius 1 is 1.04 bits per heavy atom. The van der Waals surface area contributed by atoms with E-state index in [-0.39, 0.29) is 5.92 Å². The molecule has 0 bridgehead atoms. The monoisotopic (exact) mass is 366 g/mol. The molecule has 1 atom stereocenters. The van der Waals surface area contributed by atoms with Crippen LogP contribution in [0.1, 0.15) is 41.0 Å². The van der Waals surface area contributed by atoms with Crippen LogP contribution in [0.3, 0.4) is 0 Å². The zero-order valence-corrected chi connectivity index (χ0v) is 15.6. The third kappa shape index (κ3) is 3.69. The number of benzene rings is 2. The van der Waals surface area contributed by atoms with Crippen LogP contribution in [0, 0.1) is 5.92 Å². The summed E-state index contributed by atoms with van der Waals surface area (Å²) in [6, 6.07) is 12.7. The molecule has 6 nitrogen and oxygen atoms in total. The lowest BCUT2D eigenvalue weighted by Crippen LogP contribution is -2.47. The number of amides is 3. The van der Waals surface area contributed by atoms with Crippen LogP contribution >= 0.6 is 0 Å². The molecule has 0 aromatic heterocycles. The minimum atomic E-state index is -0.886. The van der Waals surface area contributed by atoms with Crippen molar-refractivity contribution in [3.05, 3.63) is 59.7 Å². The van der Waals surface area contributed by atoms with E-state index in [1.54, 1.807) is 55.6 Å². The number of rotatable bonds is 6. The van der Waals surface area contributed by atoms with Crippen LogP contribution in [0.5, 0.6) is 5.75 Å². The molecule has 0 saturated heterocycles. The normalized spacial score (nSPS) is 14.3. The van der Waals surface area contributed by atoms with Gasteiger partial charge in [-0.3, -0.25) is 19.3 Å². The average molecular weight is 366 g/mol. The molecule has 0 radical (unpaired) electrons. The van der Waals surface area contributed by atoms with Gasteiger partial charge in [-0.15, -0.1) is 0 Å².